The van der Waals surface area contributed by atoms with E-state index in [0.717, 1.165) is 6.20 Å². The van der Waals surface area contributed by atoms with Gasteiger partial charge in [-0.05, 0) is 18.2 Å². The second-order valence-corrected chi connectivity index (χ2v) is 3.82. The van der Waals surface area contributed by atoms with Crippen LogP contribution in [0, 0.1) is 5.82 Å². The first kappa shape index (κ1) is 12.2. The number of H-pyrrole nitrogens is 1. The first-order valence-corrected chi connectivity index (χ1v) is 5.50. The lowest BCUT2D eigenvalue weighted by Gasteiger charge is -2.04. The summed E-state index contributed by atoms with van der Waals surface area (Å²) < 4.78 is 28.2. The van der Waals surface area contributed by atoms with Crippen LogP contribution in [-0.4, -0.2) is 22.7 Å². The summed E-state index contributed by atoms with van der Waals surface area (Å²) in [5, 5.41) is 0. The number of halogens is 1. The van der Waals surface area contributed by atoms with Gasteiger partial charge in [0.2, 0.25) is 12.6 Å². The molecule has 3 rings (SSSR count). The van der Waals surface area contributed by atoms with Crippen molar-refractivity contribution in [3.05, 3.63) is 46.3 Å². The van der Waals surface area contributed by atoms with Gasteiger partial charge in [0.05, 0.1) is 5.56 Å². The summed E-state index contributed by atoms with van der Waals surface area (Å²) in [4.78, 5) is 28.0. The Morgan fingerprint density at radius 3 is 3.00 bits per heavy atom. The molecule has 0 amide bonds. The number of nitrogens with zero attached hydrogens (tertiary/aromatic N) is 1. The van der Waals surface area contributed by atoms with E-state index >= 15 is 0 Å². The van der Waals surface area contributed by atoms with Gasteiger partial charge >= 0.3 is 11.7 Å². The molecular formula is C12H7FN2O5. The summed E-state index contributed by atoms with van der Waals surface area (Å²) in [5.74, 6) is -1.60. The van der Waals surface area contributed by atoms with Crippen molar-refractivity contribution in [3.63, 3.8) is 0 Å². The second-order valence-electron chi connectivity index (χ2n) is 3.82. The van der Waals surface area contributed by atoms with E-state index in [-0.39, 0.29) is 12.4 Å². The number of hydrogen-bond donors (Lipinski definition) is 1. The van der Waals surface area contributed by atoms with Crippen molar-refractivity contribution < 1.29 is 23.4 Å². The maximum absolute atomic E-state index is 13.3. The summed E-state index contributed by atoms with van der Waals surface area (Å²) in [5.41, 5.74) is -0.699. The molecule has 20 heavy (non-hydrogen) atoms. The Bertz CT molecular complexity index is 743. The van der Waals surface area contributed by atoms with Gasteiger partial charge in [-0.2, -0.15) is 9.37 Å². The Labute approximate surface area is 110 Å². The molecule has 0 saturated carbocycles. The average Bonchev–Trinajstić information content (AvgIpc) is 2.90. The molecule has 0 spiro atoms. The van der Waals surface area contributed by atoms with Gasteiger partial charge in [0.1, 0.15) is 0 Å². The quantitative estimate of drug-likeness (QED) is 0.819. The highest BCUT2D eigenvalue weighted by atomic mass is 19.1. The Morgan fingerprint density at radius 2 is 2.15 bits per heavy atom. The first-order chi connectivity index (χ1) is 9.63. The predicted molar refractivity (Wildman–Crippen MR) is 62.3 cm³/mol. The summed E-state index contributed by atoms with van der Waals surface area (Å²) >= 11 is 0. The lowest BCUT2D eigenvalue weighted by atomic mass is 10.2. The van der Waals surface area contributed by atoms with Gasteiger partial charge < -0.3 is 19.2 Å². The Kier molecular flexibility index (Phi) is 2.82. The van der Waals surface area contributed by atoms with Gasteiger partial charge in [0.25, 0.3) is 5.88 Å². The number of carbonyl (C=O) groups excluding carboxylic acids is 1. The summed E-state index contributed by atoms with van der Waals surface area (Å²) in [6.07, 6.45) is 0.761. The number of aromatic nitrogens is 2. The summed E-state index contributed by atoms with van der Waals surface area (Å²) in [6, 6.07) is 4.36. The van der Waals surface area contributed by atoms with Gasteiger partial charge in [0, 0.05) is 6.20 Å². The van der Waals surface area contributed by atoms with Crippen molar-refractivity contribution >= 4 is 5.97 Å². The molecule has 2 heterocycles. The SMILES string of the molecule is O=C(Oc1nc(=O)[nH]cc1F)c1ccc2c(c1)OCO2. The van der Waals surface area contributed by atoms with Gasteiger partial charge in [-0.3, -0.25) is 0 Å². The Morgan fingerprint density at radius 1 is 1.35 bits per heavy atom. The van der Waals surface area contributed by atoms with Gasteiger partial charge in [-0.25, -0.2) is 9.59 Å². The third-order valence-corrected chi connectivity index (χ3v) is 2.53. The molecule has 0 bridgehead atoms. The van der Waals surface area contributed by atoms with Crippen molar-refractivity contribution in [1.29, 1.82) is 0 Å². The molecule has 1 aliphatic heterocycles. The molecule has 1 aromatic heterocycles. The number of carbonyl (C=O) groups is 1. The Hall–Kier alpha value is -2.90. The molecule has 2 aromatic rings. The number of nitrogens with one attached hydrogen (secondary N) is 1. The molecule has 102 valence electrons. The van der Waals surface area contributed by atoms with Crippen molar-refractivity contribution in [1.82, 2.24) is 9.97 Å². The smallest absolute Gasteiger partial charge is 0.348 e. The monoisotopic (exact) mass is 278 g/mol. The molecule has 1 aliphatic rings. The van der Waals surface area contributed by atoms with Gasteiger partial charge in [0.15, 0.2) is 11.5 Å². The highest BCUT2D eigenvalue weighted by Gasteiger charge is 2.19. The van der Waals surface area contributed by atoms with E-state index in [0.29, 0.717) is 11.5 Å². The molecule has 0 radical (unpaired) electrons. The van der Waals surface area contributed by atoms with Crippen LogP contribution >= 0.6 is 0 Å². The molecule has 0 atom stereocenters. The number of rotatable bonds is 2. The summed E-state index contributed by atoms with van der Waals surface area (Å²) in [6.45, 7) is 0.0675. The van der Waals surface area contributed by atoms with Crippen LogP contribution < -0.4 is 19.9 Å². The zero-order chi connectivity index (χ0) is 14.1. The minimum Gasteiger partial charge on any atom is -0.454 e. The normalized spacial score (nSPS) is 12.2. The lowest BCUT2D eigenvalue weighted by Crippen LogP contribution is -2.16. The van der Waals surface area contributed by atoms with Crippen LogP contribution in [0.3, 0.4) is 0 Å². The van der Waals surface area contributed by atoms with Crippen LogP contribution in [0.15, 0.2) is 29.2 Å². The molecule has 7 nitrogen and oxygen atoms in total. The molecule has 1 N–H and O–H groups in total. The van der Waals surface area contributed by atoms with Crippen LogP contribution in [0.4, 0.5) is 4.39 Å². The highest BCUT2D eigenvalue weighted by Crippen LogP contribution is 2.32. The van der Waals surface area contributed by atoms with Crippen molar-refractivity contribution in [3.8, 4) is 17.4 Å². The number of hydrogen-bond acceptors (Lipinski definition) is 6. The van der Waals surface area contributed by atoms with Gasteiger partial charge in [-0.1, -0.05) is 0 Å². The number of ether oxygens (including phenoxy) is 3. The number of aromatic amines is 1. The first-order valence-electron chi connectivity index (χ1n) is 5.50. The second kappa shape index (κ2) is 4.65. The largest absolute Gasteiger partial charge is 0.454 e. The van der Waals surface area contributed by atoms with Crippen LogP contribution in [-0.2, 0) is 0 Å². The van der Waals surface area contributed by atoms with E-state index in [1.165, 1.54) is 18.2 Å². The van der Waals surface area contributed by atoms with Crippen LogP contribution in [0.25, 0.3) is 0 Å². The zero-order valence-corrected chi connectivity index (χ0v) is 9.88. The highest BCUT2D eigenvalue weighted by molar-refractivity contribution is 5.91. The van der Waals surface area contributed by atoms with Crippen LogP contribution in [0.1, 0.15) is 10.4 Å². The third-order valence-electron chi connectivity index (χ3n) is 2.53. The molecule has 0 saturated heterocycles. The zero-order valence-electron chi connectivity index (χ0n) is 9.88. The standard InChI is InChI=1S/C12H7FN2O5/c13-7-4-14-12(17)15-10(7)20-11(16)6-1-2-8-9(3-6)19-5-18-8/h1-4H,5H2,(H,14,15,17). The maximum Gasteiger partial charge on any atom is 0.348 e. The third kappa shape index (κ3) is 2.18. The molecular weight excluding hydrogens is 271 g/mol. The number of benzene rings is 1. The van der Waals surface area contributed by atoms with Crippen molar-refractivity contribution in [2.24, 2.45) is 0 Å². The van der Waals surface area contributed by atoms with Crippen LogP contribution in [0.2, 0.25) is 0 Å². The van der Waals surface area contributed by atoms with E-state index in [9.17, 15) is 14.0 Å². The van der Waals surface area contributed by atoms with E-state index in [4.69, 9.17) is 14.2 Å². The molecule has 0 fully saturated rings. The number of fused-ring (bicyclic) bond motifs is 1. The molecule has 0 unspecified atom stereocenters. The molecule has 1 aromatic carbocycles. The maximum atomic E-state index is 13.3. The van der Waals surface area contributed by atoms with E-state index in [1.807, 2.05) is 4.98 Å². The molecule has 8 heteroatoms. The van der Waals surface area contributed by atoms with E-state index in [2.05, 4.69) is 4.98 Å². The fourth-order valence-corrected chi connectivity index (χ4v) is 1.61. The fourth-order valence-electron chi connectivity index (χ4n) is 1.61. The topological polar surface area (TPSA) is 90.5 Å². The predicted octanol–water partition coefficient (Wildman–Crippen LogP) is 0.857. The Balaban J connectivity index is 1.86. The fraction of sp³-hybridized carbons (Fsp3) is 0.0833. The summed E-state index contributed by atoms with van der Waals surface area (Å²) in [7, 11) is 0. The van der Waals surface area contributed by atoms with E-state index < -0.39 is 23.4 Å². The minimum absolute atomic E-state index is 0.0675. The number of esters is 1. The minimum atomic E-state index is -0.946. The van der Waals surface area contributed by atoms with Gasteiger partial charge in [-0.15, -0.1) is 0 Å². The average molecular weight is 278 g/mol. The van der Waals surface area contributed by atoms with Crippen molar-refractivity contribution in [2.45, 2.75) is 0 Å². The lowest BCUT2D eigenvalue weighted by molar-refractivity contribution is 0.0718. The van der Waals surface area contributed by atoms with E-state index in [1.54, 1.807) is 0 Å². The van der Waals surface area contributed by atoms with Crippen molar-refractivity contribution in [2.75, 3.05) is 6.79 Å². The molecule has 0 aliphatic carbocycles. The van der Waals surface area contributed by atoms with Crippen LogP contribution in [0.5, 0.6) is 17.4 Å².